The Morgan fingerprint density at radius 2 is 1.70 bits per heavy atom. The number of rotatable bonds is 7. The van der Waals surface area contributed by atoms with Crippen molar-refractivity contribution >= 4 is 17.8 Å². The first-order chi connectivity index (χ1) is 14.5. The topological polar surface area (TPSA) is 98.8 Å². The quantitative estimate of drug-likeness (QED) is 0.614. The smallest absolute Gasteiger partial charge is 0.327 e. The number of amides is 3. The number of para-hydroxylation sites is 3. The number of hydrogen-bond acceptors (Lipinski definition) is 6. The van der Waals surface area contributed by atoms with Gasteiger partial charge >= 0.3 is 6.03 Å². The molecule has 9 heteroatoms. The maximum Gasteiger partial charge on any atom is 0.327 e. The van der Waals surface area contributed by atoms with Gasteiger partial charge in [-0.1, -0.05) is 30.3 Å². The first-order valence-electron chi connectivity index (χ1n) is 8.80. The SMILES string of the molecule is COc1ccccc1OCC(=O)NC(=O)Nc1ncc(Oc2ccccc2)cc1F. The summed E-state index contributed by atoms with van der Waals surface area (Å²) in [4.78, 5) is 27.6. The summed E-state index contributed by atoms with van der Waals surface area (Å²) in [6, 6.07) is 15.6. The van der Waals surface area contributed by atoms with Crippen molar-refractivity contribution in [2.45, 2.75) is 0 Å². The van der Waals surface area contributed by atoms with Gasteiger partial charge in [0, 0.05) is 6.07 Å². The highest BCUT2D eigenvalue weighted by Crippen LogP contribution is 2.25. The maximum atomic E-state index is 14.2. The minimum atomic E-state index is -0.952. The number of pyridine rings is 1. The molecule has 0 radical (unpaired) electrons. The lowest BCUT2D eigenvalue weighted by Crippen LogP contribution is -2.37. The molecule has 3 aromatic rings. The van der Waals surface area contributed by atoms with Crippen molar-refractivity contribution in [3.8, 4) is 23.0 Å². The number of ether oxygens (including phenoxy) is 3. The van der Waals surface area contributed by atoms with Gasteiger partial charge < -0.3 is 14.2 Å². The average Bonchev–Trinajstić information content (AvgIpc) is 2.75. The molecular weight excluding hydrogens is 393 g/mol. The number of halogens is 1. The van der Waals surface area contributed by atoms with Gasteiger partial charge in [0.05, 0.1) is 13.3 Å². The van der Waals surface area contributed by atoms with E-state index in [1.807, 2.05) is 11.4 Å². The number of benzene rings is 2. The van der Waals surface area contributed by atoms with Crippen LogP contribution in [0.15, 0.2) is 66.9 Å². The summed E-state index contributed by atoms with van der Waals surface area (Å²) in [6.07, 6.45) is 1.25. The van der Waals surface area contributed by atoms with Crippen LogP contribution in [0.5, 0.6) is 23.0 Å². The molecule has 2 N–H and O–H groups in total. The molecular formula is C21H18FN3O5. The van der Waals surface area contributed by atoms with E-state index in [0.717, 1.165) is 6.07 Å². The average molecular weight is 411 g/mol. The molecule has 0 spiro atoms. The van der Waals surface area contributed by atoms with Crippen LogP contribution in [-0.2, 0) is 4.79 Å². The molecule has 0 aliphatic rings. The van der Waals surface area contributed by atoms with Crippen LogP contribution in [0.4, 0.5) is 15.0 Å². The molecule has 1 heterocycles. The number of carbonyl (C=O) groups is 2. The lowest BCUT2D eigenvalue weighted by atomic mass is 10.3. The predicted octanol–water partition coefficient (Wildman–Crippen LogP) is 3.75. The van der Waals surface area contributed by atoms with E-state index in [4.69, 9.17) is 14.2 Å². The van der Waals surface area contributed by atoms with Gasteiger partial charge in [0.15, 0.2) is 29.7 Å². The first-order valence-corrected chi connectivity index (χ1v) is 8.80. The molecule has 3 amide bonds. The van der Waals surface area contributed by atoms with E-state index in [9.17, 15) is 14.0 Å². The Bertz CT molecular complexity index is 1030. The van der Waals surface area contributed by atoms with Gasteiger partial charge in [0.1, 0.15) is 11.5 Å². The molecule has 0 saturated carbocycles. The zero-order chi connectivity index (χ0) is 21.3. The van der Waals surface area contributed by atoms with E-state index >= 15 is 0 Å². The van der Waals surface area contributed by atoms with Crippen molar-refractivity contribution < 1.29 is 28.2 Å². The van der Waals surface area contributed by atoms with Crippen LogP contribution in [-0.4, -0.2) is 30.6 Å². The molecule has 0 unspecified atom stereocenters. The second-order valence-electron chi connectivity index (χ2n) is 5.86. The molecule has 3 rings (SSSR count). The van der Waals surface area contributed by atoms with Gasteiger partial charge in [-0.25, -0.2) is 14.2 Å². The maximum absolute atomic E-state index is 14.2. The zero-order valence-corrected chi connectivity index (χ0v) is 15.9. The Hall–Kier alpha value is -4.14. The number of nitrogens with zero attached hydrogens (tertiary/aromatic N) is 1. The third kappa shape index (κ3) is 5.68. The summed E-state index contributed by atoms with van der Waals surface area (Å²) >= 11 is 0. The monoisotopic (exact) mass is 411 g/mol. The Kier molecular flexibility index (Phi) is 6.78. The molecule has 1 aromatic heterocycles. The van der Waals surface area contributed by atoms with Gasteiger partial charge in [-0.15, -0.1) is 0 Å². The van der Waals surface area contributed by atoms with E-state index in [-0.39, 0.29) is 11.6 Å². The third-order valence-corrected chi connectivity index (χ3v) is 3.71. The van der Waals surface area contributed by atoms with Crippen LogP contribution in [0.1, 0.15) is 0 Å². The molecule has 2 aromatic carbocycles. The molecule has 0 aliphatic heterocycles. The Morgan fingerprint density at radius 1 is 1.00 bits per heavy atom. The lowest BCUT2D eigenvalue weighted by molar-refractivity contribution is -0.121. The highest BCUT2D eigenvalue weighted by atomic mass is 19.1. The zero-order valence-electron chi connectivity index (χ0n) is 15.9. The number of nitrogens with one attached hydrogen (secondary N) is 2. The highest BCUT2D eigenvalue weighted by molar-refractivity contribution is 6.01. The van der Waals surface area contributed by atoms with Crippen molar-refractivity contribution in [2.75, 3.05) is 19.0 Å². The lowest BCUT2D eigenvalue weighted by Gasteiger charge is -2.11. The summed E-state index contributed by atoms with van der Waals surface area (Å²) in [5.41, 5.74) is 0. The van der Waals surface area contributed by atoms with E-state index in [1.165, 1.54) is 13.3 Å². The van der Waals surface area contributed by atoms with Gasteiger partial charge in [-0.2, -0.15) is 0 Å². The van der Waals surface area contributed by atoms with Gasteiger partial charge in [-0.05, 0) is 24.3 Å². The minimum Gasteiger partial charge on any atom is -0.493 e. The van der Waals surface area contributed by atoms with Crippen molar-refractivity contribution in [3.05, 3.63) is 72.7 Å². The van der Waals surface area contributed by atoms with Crippen LogP contribution >= 0.6 is 0 Å². The second-order valence-corrected chi connectivity index (χ2v) is 5.86. The number of hydrogen-bond donors (Lipinski definition) is 2. The van der Waals surface area contributed by atoms with E-state index in [0.29, 0.717) is 17.2 Å². The molecule has 8 nitrogen and oxygen atoms in total. The fourth-order valence-electron chi connectivity index (χ4n) is 2.38. The summed E-state index contributed by atoms with van der Waals surface area (Å²) < 4.78 is 30.1. The molecule has 0 bridgehead atoms. The van der Waals surface area contributed by atoms with E-state index in [2.05, 4.69) is 10.3 Å². The predicted molar refractivity (Wildman–Crippen MR) is 106 cm³/mol. The normalized spacial score (nSPS) is 10.1. The van der Waals surface area contributed by atoms with Crippen LogP contribution in [0, 0.1) is 5.82 Å². The van der Waals surface area contributed by atoms with Crippen LogP contribution in [0.2, 0.25) is 0 Å². The highest BCUT2D eigenvalue weighted by Gasteiger charge is 2.14. The van der Waals surface area contributed by atoms with Gasteiger partial charge in [0.2, 0.25) is 0 Å². The van der Waals surface area contributed by atoms with Gasteiger partial charge in [0.25, 0.3) is 5.91 Å². The number of carbonyl (C=O) groups excluding carboxylic acids is 2. The molecule has 0 atom stereocenters. The third-order valence-electron chi connectivity index (χ3n) is 3.71. The number of imide groups is 1. The fourth-order valence-corrected chi connectivity index (χ4v) is 2.38. The molecule has 0 saturated heterocycles. The Morgan fingerprint density at radius 3 is 2.40 bits per heavy atom. The Balaban J connectivity index is 1.52. The minimum absolute atomic E-state index is 0.158. The van der Waals surface area contributed by atoms with Crippen molar-refractivity contribution in [3.63, 3.8) is 0 Å². The summed E-state index contributed by atoms with van der Waals surface area (Å²) in [7, 11) is 1.47. The van der Waals surface area contributed by atoms with Crippen LogP contribution < -0.4 is 24.8 Å². The van der Waals surface area contributed by atoms with E-state index in [1.54, 1.807) is 48.5 Å². The van der Waals surface area contributed by atoms with E-state index < -0.39 is 24.4 Å². The molecule has 154 valence electrons. The molecule has 30 heavy (non-hydrogen) atoms. The largest absolute Gasteiger partial charge is 0.493 e. The number of methoxy groups -OCH3 is 1. The summed E-state index contributed by atoms with van der Waals surface area (Å²) in [5, 5.41) is 4.19. The second kappa shape index (κ2) is 9.87. The van der Waals surface area contributed by atoms with Crippen molar-refractivity contribution in [2.24, 2.45) is 0 Å². The summed E-state index contributed by atoms with van der Waals surface area (Å²) in [5.74, 6) is -0.453. The number of aromatic nitrogens is 1. The number of anilines is 1. The van der Waals surface area contributed by atoms with Gasteiger partial charge in [-0.3, -0.25) is 15.4 Å². The molecule has 0 aliphatic carbocycles. The summed E-state index contributed by atoms with van der Waals surface area (Å²) in [6.45, 7) is -0.437. The number of urea groups is 1. The van der Waals surface area contributed by atoms with Crippen molar-refractivity contribution in [1.82, 2.24) is 10.3 Å². The standard InChI is InChI=1S/C21H18FN3O5/c1-28-17-9-5-6-10-18(17)29-13-19(26)24-21(27)25-20-16(22)11-15(12-23-20)30-14-7-3-2-4-8-14/h2-12H,13H2,1H3,(H2,23,24,25,26,27). The van der Waals surface area contributed by atoms with Crippen LogP contribution in [0.25, 0.3) is 0 Å². The Labute approximate surface area is 171 Å². The fraction of sp³-hybridized carbons (Fsp3) is 0.0952. The van der Waals surface area contributed by atoms with Crippen LogP contribution in [0.3, 0.4) is 0 Å². The first kappa shape index (κ1) is 20.6. The molecule has 0 fully saturated rings. The van der Waals surface area contributed by atoms with Crippen molar-refractivity contribution in [1.29, 1.82) is 0 Å².